The molecule has 0 aromatic rings. The number of carbonyl (C=O) groups excluding carboxylic acids is 3. The van der Waals surface area contributed by atoms with Crippen molar-refractivity contribution in [2.24, 2.45) is 0 Å². The van der Waals surface area contributed by atoms with Gasteiger partial charge in [0.1, 0.15) is 0 Å². The highest BCUT2D eigenvalue weighted by atomic mass is 16.2. The summed E-state index contributed by atoms with van der Waals surface area (Å²) >= 11 is 0. The molecule has 0 aromatic heterocycles. The summed E-state index contributed by atoms with van der Waals surface area (Å²) in [6.45, 7) is 5.04. The van der Waals surface area contributed by atoms with E-state index in [-0.39, 0.29) is 42.0 Å². The molecule has 3 atom stereocenters. The van der Waals surface area contributed by atoms with E-state index in [1.165, 1.54) is 0 Å². The molecular weight excluding hydrogens is 322 g/mol. The van der Waals surface area contributed by atoms with Crippen LogP contribution in [0.5, 0.6) is 0 Å². The van der Waals surface area contributed by atoms with E-state index >= 15 is 0 Å². The van der Waals surface area contributed by atoms with Crippen LogP contribution in [0, 0.1) is 0 Å². The van der Waals surface area contributed by atoms with E-state index in [0.29, 0.717) is 32.0 Å². The standard InChI is InChI=1S/C17H29N5O3/c1-10(2)19-17(25)21-12-7-14-16(24)18-8-13(22(14)9-12)5-6-15(23)20-11-3-4-11/h10-14H,3-9H2,1-2H3,(H,18,24)(H,20,23)(H2,19,21,25). The van der Waals surface area contributed by atoms with Gasteiger partial charge in [-0.3, -0.25) is 14.5 Å². The number of amides is 4. The molecule has 1 saturated carbocycles. The number of hydrogen-bond donors (Lipinski definition) is 4. The van der Waals surface area contributed by atoms with Crippen molar-refractivity contribution in [1.82, 2.24) is 26.2 Å². The quantitative estimate of drug-likeness (QED) is 0.527. The molecule has 2 aliphatic heterocycles. The predicted molar refractivity (Wildman–Crippen MR) is 92.9 cm³/mol. The number of nitrogens with one attached hydrogen (secondary N) is 4. The predicted octanol–water partition coefficient (Wildman–Crippen LogP) is -0.306. The van der Waals surface area contributed by atoms with Crippen molar-refractivity contribution < 1.29 is 14.4 Å². The number of hydrogen-bond acceptors (Lipinski definition) is 4. The van der Waals surface area contributed by atoms with Gasteiger partial charge in [-0.25, -0.2) is 4.79 Å². The second-order valence-corrected chi connectivity index (χ2v) is 7.70. The fraction of sp³-hybridized carbons (Fsp3) is 0.824. The van der Waals surface area contributed by atoms with Crippen LogP contribution in [-0.4, -0.2) is 66.0 Å². The van der Waals surface area contributed by atoms with Crippen LogP contribution in [-0.2, 0) is 9.59 Å². The Hall–Kier alpha value is -1.83. The van der Waals surface area contributed by atoms with Gasteiger partial charge >= 0.3 is 6.03 Å². The molecule has 1 aliphatic carbocycles. The van der Waals surface area contributed by atoms with Crippen molar-refractivity contribution in [3.8, 4) is 0 Å². The molecule has 0 bridgehead atoms. The summed E-state index contributed by atoms with van der Waals surface area (Å²) in [5.74, 6) is 0.119. The van der Waals surface area contributed by atoms with Gasteiger partial charge in [0, 0.05) is 43.7 Å². The minimum absolute atomic E-state index is 0.0206. The molecule has 3 unspecified atom stereocenters. The summed E-state index contributed by atoms with van der Waals surface area (Å²) in [7, 11) is 0. The van der Waals surface area contributed by atoms with E-state index in [1.54, 1.807) is 0 Å². The second kappa shape index (κ2) is 7.59. The summed E-state index contributed by atoms with van der Waals surface area (Å²) in [5, 5.41) is 11.7. The van der Waals surface area contributed by atoms with E-state index in [0.717, 1.165) is 19.3 Å². The van der Waals surface area contributed by atoms with Gasteiger partial charge in [-0.2, -0.15) is 0 Å². The van der Waals surface area contributed by atoms with Crippen LogP contribution < -0.4 is 21.3 Å². The third-order valence-electron chi connectivity index (χ3n) is 5.02. The average Bonchev–Trinajstić information content (AvgIpc) is 3.23. The fourth-order valence-electron chi connectivity index (χ4n) is 3.66. The molecule has 3 aliphatic rings. The first-order valence-corrected chi connectivity index (χ1v) is 9.32. The van der Waals surface area contributed by atoms with Crippen molar-refractivity contribution in [2.75, 3.05) is 13.1 Å². The Morgan fingerprint density at radius 1 is 1.24 bits per heavy atom. The van der Waals surface area contributed by atoms with E-state index in [1.807, 2.05) is 13.8 Å². The largest absolute Gasteiger partial charge is 0.353 e. The maximum Gasteiger partial charge on any atom is 0.315 e. The van der Waals surface area contributed by atoms with Crippen molar-refractivity contribution in [2.45, 2.75) is 76.2 Å². The number of urea groups is 1. The number of carbonyl (C=O) groups is 3. The zero-order valence-electron chi connectivity index (χ0n) is 15.0. The first kappa shape index (κ1) is 18.0. The lowest BCUT2D eigenvalue weighted by Gasteiger charge is -2.37. The fourth-order valence-corrected chi connectivity index (χ4v) is 3.66. The Bertz CT molecular complexity index is 534. The lowest BCUT2D eigenvalue weighted by Crippen LogP contribution is -2.58. The highest BCUT2D eigenvalue weighted by Crippen LogP contribution is 2.26. The Morgan fingerprint density at radius 2 is 2.00 bits per heavy atom. The molecule has 3 rings (SSSR count). The van der Waals surface area contributed by atoms with Crippen LogP contribution in [0.4, 0.5) is 4.79 Å². The Kier molecular flexibility index (Phi) is 5.46. The molecule has 8 heteroatoms. The van der Waals surface area contributed by atoms with Crippen LogP contribution in [0.15, 0.2) is 0 Å². The van der Waals surface area contributed by atoms with Gasteiger partial charge in [-0.05, 0) is 39.5 Å². The van der Waals surface area contributed by atoms with Gasteiger partial charge in [-0.15, -0.1) is 0 Å². The third kappa shape index (κ3) is 4.84. The van der Waals surface area contributed by atoms with Crippen LogP contribution in [0.3, 0.4) is 0 Å². The third-order valence-corrected chi connectivity index (χ3v) is 5.02. The molecule has 25 heavy (non-hydrogen) atoms. The summed E-state index contributed by atoms with van der Waals surface area (Å²) in [5.41, 5.74) is 0. The maximum absolute atomic E-state index is 12.2. The highest BCUT2D eigenvalue weighted by molar-refractivity contribution is 5.83. The minimum atomic E-state index is -0.213. The van der Waals surface area contributed by atoms with Crippen LogP contribution >= 0.6 is 0 Å². The van der Waals surface area contributed by atoms with E-state index in [4.69, 9.17) is 0 Å². The zero-order valence-corrected chi connectivity index (χ0v) is 15.0. The molecule has 0 aromatic carbocycles. The summed E-state index contributed by atoms with van der Waals surface area (Å²) in [6, 6.07) is 0.148. The van der Waals surface area contributed by atoms with Gasteiger partial charge in [0.25, 0.3) is 0 Å². The first-order chi connectivity index (χ1) is 11.9. The average molecular weight is 351 g/mol. The van der Waals surface area contributed by atoms with Crippen molar-refractivity contribution >= 4 is 17.8 Å². The molecule has 3 fully saturated rings. The Morgan fingerprint density at radius 3 is 2.68 bits per heavy atom. The van der Waals surface area contributed by atoms with Gasteiger partial charge in [-0.1, -0.05) is 0 Å². The monoisotopic (exact) mass is 351 g/mol. The second-order valence-electron chi connectivity index (χ2n) is 7.70. The Balaban J connectivity index is 1.51. The topological polar surface area (TPSA) is 103 Å². The molecular formula is C17H29N5O3. The Labute approximate surface area is 148 Å². The molecule has 8 nitrogen and oxygen atoms in total. The van der Waals surface area contributed by atoms with E-state index < -0.39 is 0 Å². The van der Waals surface area contributed by atoms with Gasteiger partial charge in [0.15, 0.2) is 0 Å². The van der Waals surface area contributed by atoms with Gasteiger partial charge in [0.05, 0.1) is 6.04 Å². The normalized spacial score (nSPS) is 29.1. The molecule has 0 spiro atoms. The smallest absolute Gasteiger partial charge is 0.315 e. The zero-order chi connectivity index (χ0) is 18.0. The molecule has 4 amide bonds. The van der Waals surface area contributed by atoms with E-state index in [2.05, 4.69) is 26.2 Å². The van der Waals surface area contributed by atoms with Crippen LogP contribution in [0.25, 0.3) is 0 Å². The number of nitrogens with zero attached hydrogens (tertiary/aromatic N) is 1. The van der Waals surface area contributed by atoms with Crippen LogP contribution in [0.2, 0.25) is 0 Å². The summed E-state index contributed by atoms with van der Waals surface area (Å²) in [4.78, 5) is 38.1. The van der Waals surface area contributed by atoms with E-state index in [9.17, 15) is 14.4 Å². The van der Waals surface area contributed by atoms with Gasteiger partial charge < -0.3 is 21.3 Å². The molecule has 4 N–H and O–H groups in total. The maximum atomic E-state index is 12.2. The first-order valence-electron chi connectivity index (χ1n) is 9.32. The highest BCUT2D eigenvalue weighted by Gasteiger charge is 2.43. The molecule has 2 heterocycles. The molecule has 2 saturated heterocycles. The molecule has 140 valence electrons. The van der Waals surface area contributed by atoms with Crippen molar-refractivity contribution in [3.63, 3.8) is 0 Å². The van der Waals surface area contributed by atoms with Crippen molar-refractivity contribution in [1.29, 1.82) is 0 Å². The number of rotatable bonds is 6. The van der Waals surface area contributed by atoms with Crippen molar-refractivity contribution in [3.05, 3.63) is 0 Å². The number of piperazine rings is 1. The SMILES string of the molecule is CC(C)NC(=O)NC1CC2C(=O)NCC(CCC(=O)NC3CC3)N2C1. The lowest BCUT2D eigenvalue weighted by molar-refractivity contribution is -0.129. The number of fused-ring (bicyclic) bond motifs is 1. The minimum Gasteiger partial charge on any atom is -0.353 e. The summed E-state index contributed by atoms with van der Waals surface area (Å²) < 4.78 is 0. The van der Waals surface area contributed by atoms with Crippen LogP contribution in [0.1, 0.15) is 46.0 Å². The summed E-state index contributed by atoms with van der Waals surface area (Å²) in [6.07, 6.45) is 3.99. The molecule has 0 radical (unpaired) electrons. The lowest BCUT2D eigenvalue weighted by atomic mass is 10.0. The van der Waals surface area contributed by atoms with Gasteiger partial charge in [0.2, 0.25) is 11.8 Å².